The van der Waals surface area contributed by atoms with Crippen molar-refractivity contribution in [3.8, 4) is 5.75 Å². The molecule has 0 unspecified atom stereocenters. The molecule has 86 valence electrons. The molecule has 0 heterocycles. The van der Waals surface area contributed by atoms with Crippen molar-refractivity contribution in [2.24, 2.45) is 4.99 Å². The number of ether oxygens (including phenoxy) is 1. The molecule has 0 aliphatic carbocycles. The van der Waals surface area contributed by atoms with Gasteiger partial charge < -0.3 is 4.74 Å². The van der Waals surface area contributed by atoms with E-state index in [0.29, 0.717) is 0 Å². The van der Waals surface area contributed by atoms with E-state index < -0.39 is 0 Å². The van der Waals surface area contributed by atoms with Gasteiger partial charge in [-0.25, -0.2) is 4.99 Å². The Balaban J connectivity index is 2.36. The Hall–Kier alpha value is -2.09. The molecule has 2 aromatic rings. The highest BCUT2D eigenvalue weighted by Gasteiger charge is 2.01. The van der Waals surface area contributed by atoms with E-state index in [2.05, 4.69) is 4.99 Å². The normalized spacial score (nSPS) is 11.3. The Morgan fingerprint density at radius 3 is 2.29 bits per heavy atom. The predicted octanol–water partition coefficient (Wildman–Crippen LogP) is 3.84. The predicted molar refractivity (Wildman–Crippen MR) is 71.3 cm³/mol. The molecule has 0 aromatic heterocycles. The van der Waals surface area contributed by atoms with Crippen molar-refractivity contribution < 1.29 is 4.74 Å². The van der Waals surface area contributed by atoms with Crippen LogP contribution in [0.15, 0.2) is 59.6 Å². The number of benzene rings is 2. The van der Waals surface area contributed by atoms with Gasteiger partial charge in [0.05, 0.1) is 7.11 Å². The van der Waals surface area contributed by atoms with Gasteiger partial charge in [-0.1, -0.05) is 42.5 Å². The average molecular weight is 225 g/mol. The number of rotatable bonds is 3. The second-order valence-corrected chi connectivity index (χ2v) is 3.74. The molecule has 0 saturated heterocycles. The summed E-state index contributed by atoms with van der Waals surface area (Å²) in [5.41, 5.74) is 2.96. The lowest BCUT2D eigenvalue weighted by Crippen LogP contribution is -1.93. The van der Waals surface area contributed by atoms with Crippen LogP contribution in [0.4, 0.5) is 5.69 Å². The van der Waals surface area contributed by atoms with Crippen molar-refractivity contribution in [2.75, 3.05) is 7.11 Å². The molecule has 0 bridgehead atoms. The maximum absolute atomic E-state index is 5.27. The zero-order valence-electron chi connectivity index (χ0n) is 10.1. The van der Waals surface area contributed by atoms with Crippen molar-refractivity contribution in [3.63, 3.8) is 0 Å². The van der Waals surface area contributed by atoms with Gasteiger partial charge in [0.1, 0.15) is 11.4 Å². The molecule has 0 fully saturated rings. The summed E-state index contributed by atoms with van der Waals surface area (Å²) >= 11 is 0. The summed E-state index contributed by atoms with van der Waals surface area (Å²) in [7, 11) is 1.66. The van der Waals surface area contributed by atoms with Crippen molar-refractivity contribution >= 4 is 11.4 Å². The third-order valence-corrected chi connectivity index (χ3v) is 2.56. The lowest BCUT2D eigenvalue weighted by atomic mass is 10.1. The fraction of sp³-hybridized carbons (Fsp3) is 0.133. The second-order valence-electron chi connectivity index (χ2n) is 3.74. The third-order valence-electron chi connectivity index (χ3n) is 2.56. The van der Waals surface area contributed by atoms with Crippen LogP contribution in [0.1, 0.15) is 12.5 Å². The quantitative estimate of drug-likeness (QED) is 0.727. The van der Waals surface area contributed by atoms with E-state index in [4.69, 9.17) is 4.74 Å². The van der Waals surface area contributed by atoms with Gasteiger partial charge in [-0.05, 0) is 24.6 Å². The second kappa shape index (κ2) is 5.30. The molecule has 2 rings (SSSR count). The molecule has 0 radical (unpaired) electrons. The highest BCUT2D eigenvalue weighted by atomic mass is 16.5. The Morgan fingerprint density at radius 2 is 1.59 bits per heavy atom. The van der Waals surface area contributed by atoms with Gasteiger partial charge in [0.2, 0.25) is 0 Å². The van der Waals surface area contributed by atoms with Crippen molar-refractivity contribution in [3.05, 3.63) is 60.2 Å². The van der Waals surface area contributed by atoms with Crippen LogP contribution >= 0.6 is 0 Å². The van der Waals surface area contributed by atoms with Gasteiger partial charge in [-0.2, -0.15) is 0 Å². The largest absolute Gasteiger partial charge is 0.494 e. The highest BCUT2D eigenvalue weighted by molar-refractivity contribution is 6.00. The topological polar surface area (TPSA) is 21.6 Å². The maximum atomic E-state index is 5.27. The number of hydrogen-bond donors (Lipinski definition) is 0. The Bertz CT molecular complexity index is 517. The summed E-state index contributed by atoms with van der Waals surface area (Å²) in [5.74, 6) is 0.794. The minimum atomic E-state index is 0.794. The molecule has 17 heavy (non-hydrogen) atoms. The van der Waals surface area contributed by atoms with Gasteiger partial charge in [0.25, 0.3) is 0 Å². The molecule has 0 atom stereocenters. The molecule has 2 nitrogen and oxygen atoms in total. The Labute approximate surface area is 102 Å². The van der Waals surface area contributed by atoms with Crippen LogP contribution in [-0.4, -0.2) is 12.8 Å². The zero-order valence-corrected chi connectivity index (χ0v) is 10.1. The molecule has 0 amide bonds. The Morgan fingerprint density at radius 1 is 0.941 bits per heavy atom. The minimum absolute atomic E-state index is 0.794. The maximum Gasteiger partial charge on any atom is 0.144 e. The van der Waals surface area contributed by atoms with E-state index in [-0.39, 0.29) is 0 Å². The van der Waals surface area contributed by atoms with Gasteiger partial charge in [-0.3, -0.25) is 0 Å². The Kier molecular flexibility index (Phi) is 3.55. The number of hydrogen-bond acceptors (Lipinski definition) is 2. The van der Waals surface area contributed by atoms with Crippen molar-refractivity contribution in [1.29, 1.82) is 0 Å². The molecule has 0 aliphatic heterocycles. The summed E-state index contributed by atoms with van der Waals surface area (Å²) in [5, 5.41) is 0. The van der Waals surface area contributed by atoms with E-state index in [9.17, 15) is 0 Å². The summed E-state index contributed by atoms with van der Waals surface area (Å²) in [6.07, 6.45) is 0. The first-order valence-corrected chi connectivity index (χ1v) is 5.55. The summed E-state index contributed by atoms with van der Waals surface area (Å²) in [6.45, 7) is 2.00. The smallest absolute Gasteiger partial charge is 0.144 e. The highest BCUT2D eigenvalue weighted by Crippen LogP contribution is 2.27. The fourth-order valence-corrected chi connectivity index (χ4v) is 1.65. The van der Waals surface area contributed by atoms with E-state index in [1.54, 1.807) is 7.11 Å². The van der Waals surface area contributed by atoms with Crippen molar-refractivity contribution in [1.82, 2.24) is 0 Å². The zero-order chi connectivity index (χ0) is 12.1. The van der Waals surface area contributed by atoms with Crippen LogP contribution in [0.5, 0.6) is 5.75 Å². The first kappa shape index (κ1) is 11.4. The van der Waals surface area contributed by atoms with Crippen LogP contribution in [0, 0.1) is 0 Å². The summed E-state index contributed by atoms with van der Waals surface area (Å²) in [4.78, 5) is 4.59. The molecule has 0 saturated carbocycles. The van der Waals surface area contributed by atoms with E-state index in [1.807, 2.05) is 61.5 Å². The molecule has 0 spiro atoms. The number of aliphatic imine (C=N–C) groups is 1. The number of para-hydroxylation sites is 2. The fourth-order valence-electron chi connectivity index (χ4n) is 1.65. The minimum Gasteiger partial charge on any atom is -0.494 e. The number of nitrogens with zero attached hydrogens (tertiary/aromatic N) is 1. The lowest BCUT2D eigenvalue weighted by molar-refractivity contribution is 0.416. The molecule has 2 heteroatoms. The number of methoxy groups -OCH3 is 1. The van der Waals surface area contributed by atoms with E-state index >= 15 is 0 Å². The van der Waals surface area contributed by atoms with Crippen LogP contribution in [0.2, 0.25) is 0 Å². The summed E-state index contributed by atoms with van der Waals surface area (Å²) in [6, 6.07) is 17.9. The summed E-state index contributed by atoms with van der Waals surface area (Å²) < 4.78 is 5.27. The van der Waals surface area contributed by atoms with Crippen molar-refractivity contribution in [2.45, 2.75) is 6.92 Å². The molecule has 2 aromatic carbocycles. The first-order valence-electron chi connectivity index (χ1n) is 5.55. The van der Waals surface area contributed by atoms with Gasteiger partial charge >= 0.3 is 0 Å². The van der Waals surface area contributed by atoms with Crippen LogP contribution in [0.25, 0.3) is 0 Å². The van der Waals surface area contributed by atoms with E-state index in [1.165, 1.54) is 0 Å². The van der Waals surface area contributed by atoms with Crippen LogP contribution in [0.3, 0.4) is 0 Å². The molecule has 0 N–H and O–H groups in total. The van der Waals surface area contributed by atoms with Gasteiger partial charge in [0.15, 0.2) is 0 Å². The SMILES string of the molecule is COc1ccccc1/N=C(\C)c1ccccc1. The van der Waals surface area contributed by atoms with Gasteiger partial charge in [0, 0.05) is 5.71 Å². The standard InChI is InChI=1S/C15H15NO/c1-12(13-8-4-3-5-9-13)16-14-10-6-7-11-15(14)17-2/h3-11H,1-2H3/b16-12+. The van der Waals surface area contributed by atoms with Crippen LogP contribution in [-0.2, 0) is 0 Å². The monoisotopic (exact) mass is 225 g/mol. The molecule has 0 aliphatic rings. The van der Waals surface area contributed by atoms with Crippen LogP contribution < -0.4 is 4.74 Å². The average Bonchev–Trinajstić information content (AvgIpc) is 2.40. The molecular weight excluding hydrogens is 210 g/mol. The lowest BCUT2D eigenvalue weighted by Gasteiger charge is -2.05. The first-order chi connectivity index (χ1) is 8.31. The van der Waals surface area contributed by atoms with E-state index in [0.717, 1.165) is 22.7 Å². The third kappa shape index (κ3) is 2.72. The van der Waals surface area contributed by atoms with Gasteiger partial charge in [-0.15, -0.1) is 0 Å². The molecular formula is C15H15NO.